The first kappa shape index (κ1) is 14.3. The summed E-state index contributed by atoms with van der Waals surface area (Å²) in [7, 11) is -3.47. The predicted octanol–water partition coefficient (Wildman–Crippen LogP) is 2.51. The topological polar surface area (TPSA) is 59.2 Å². The Bertz CT molecular complexity index is 697. The molecule has 0 unspecified atom stereocenters. The molecule has 0 radical (unpaired) electrons. The lowest BCUT2D eigenvalue weighted by molar-refractivity contribution is 0.345. The lowest BCUT2D eigenvalue weighted by Gasteiger charge is -2.01. The van der Waals surface area contributed by atoms with Crippen LogP contribution >= 0.6 is 11.8 Å². The van der Waals surface area contributed by atoms with Crippen LogP contribution in [0.5, 0.6) is 0 Å². The number of nitrogens with one attached hydrogen (secondary N) is 1. The van der Waals surface area contributed by atoms with Crippen molar-refractivity contribution in [1.29, 1.82) is 0 Å². The van der Waals surface area contributed by atoms with E-state index < -0.39 is 21.8 Å². The average Bonchev–Trinajstić information content (AvgIpc) is 2.66. The Labute approximate surface area is 113 Å². The predicted molar refractivity (Wildman–Crippen MR) is 69.7 cm³/mol. The van der Waals surface area contributed by atoms with E-state index in [4.69, 9.17) is 0 Å². The molecule has 1 N–H and O–H groups in total. The molecular formula is C11H11F2NO3S2. The second kappa shape index (κ2) is 5.48. The SMILES string of the molecule is CS(=O)(=O)OCCSc1c[nH]c2cc(F)cc(F)c12. The number of aromatic amines is 1. The van der Waals surface area contributed by atoms with Gasteiger partial charge in [0.05, 0.1) is 18.4 Å². The van der Waals surface area contributed by atoms with Crippen molar-refractivity contribution in [2.45, 2.75) is 4.90 Å². The van der Waals surface area contributed by atoms with Crippen LogP contribution in [0, 0.1) is 11.6 Å². The number of aromatic nitrogens is 1. The number of benzene rings is 1. The van der Waals surface area contributed by atoms with Crippen molar-refractivity contribution in [3.05, 3.63) is 30.0 Å². The molecule has 0 bridgehead atoms. The summed E-state index contributed by atoms with van der Waals surface area (Å²) in [6.45, 7) is -0.00100. The van der Waals surface area contributed by atoms with Crippen LogP contribution in [0.15, 0.2) is 23.2 Å². The van der Waals surface area contributed by atoms with Crippen LogP contribution in [0.4, 0.5) is 8.78 Å². The van der Waals surface area contributed by atoms with Gasteiger partial charge in [-0.25, -0.2) is 8.78 Å². The summed E-state index contributed by atoms with van der Waals surface area (Å²) >= 11 is 1.23. The highest BCUT2D eigenvalue weighted by atomic mass is 32.2. The fourth-order valence-corrected chi connectivity index (χ4v) is 2.98. The first-order chi connectivity index (χ1) is 8.87. The van der Waals surface area contributed by atoms with Crippen LogP contribution in [0.1, 0.15) is 0 Å². The smallest absolute Gasteiger partial charge is 0.264 e. The van der Waals surface area contributed by atoms with E-state index in [1.165, 1.54) is 17.8 Å². The molecular weight excluding hydrogens is 296 g/mol. The second-order valence-corrected chi connectivity index (χ2v) is 6.62. The van der Waals surface area contributed by atoms with Gasteiger partial charge in [0.1, 0.15) is 11.6 Å². The summed E-state index contributed by atoms with van der Waals surface area (Å²) in [5.41, 5.74) is 0.365. The van der Waals surface area contributed by atoms with Gasteiger partial charge >= 0.3 is 0 Å². The summed E-state index contributed by atoms with van der Waals surface area (Å²) in [5, 5.41) is 0.297. The molecule has 0 spiro atoms. The molecule has 19 heavy (non-hydrogen) atoms. The summed E-state index contributed by atoms with van der Waals surface area (Å²) in [6, 6.07) is 2.02. The number of halogens is 2. The molecule has 0 atom stereocenters. The zero-order valence-electron chi connectivity index (χ0n) is 9.94. The fourth-order valence-electron chi connectivity index (χ4n) is 1.60. The van der Waals surface area contributed by atoms with Crippen LogP contribution in [0.3, 0.4) is 0 Å². The number of fused-ring (bicyclic) bond motifs is 1. The Kier molecular flexibility index (Phi) is 4.12. The van der Waals surface area contributed by atoms with Crippen LogP contribution in [0.2, 0.25) is 0 Å². The molecule has 0 amide bonds. The van der Waals surface area contributed by atoms with E-state index in [0.29, 0.717) is 21.6 Å². The molecule has 2 aromatic rings. The van der Waals surface area contributed by atoms with E-state index in [1.807, 2.05) is 0 Å². The molecule has 8 heteroatoms. The molecule has 1 heterocycles. The maximum absolute atomic E-state index is 13.6. The van der Waals surface area contributed by atoms with Crippen molar-refractivity contribution >= 4 is 32.8 Å². The number of hydrogen-bond donors (Lipinski definition) is 1. The van der Waals surface area contributed by atoms with Crippen molar-refractivity contribution in [3.8, 4) is 0 Å². The molecule has 2 rings (SSSR count). The van der Waals surface area contributed by atoms with Gasteiger partial charge in [-0.1, -0.05) is 0 Å². The zero-order valence-corrected chi connectivity index (χ0v) is 11.6. The lowest BCUT2D eigenvalue weighted by Crippen LogP contribution is -2.05. The molecule has 0 aliphatic carbocycles. The van der Waals surface area contributed by atoms with Crippen LogP contribution in [-0.4, -0.2) is 32.0 Å². The minimum Gasteiger partial charge on any atom is -0.360 e. The molecule has 104 valence electrons. The second-order valence-electron chi connectivity index (χ2n) is 3.84. The largest absolute Gasteiger partial charge is 0.360 e. The Morgan fingerprint density at radius 3 is 2.79 bits per heavy atom. The maximum Gasteiger partial charge on any atom is 0.264 e. The van der Waals surface area contributed by atoms with Crippen molar-refractivity contribution in [2.24, 2.45) is 0 Å². The van der Waals surface area contributed by atoms with Gasteiger partial charge in [0.25, 0.3) is 10.1 Å². The summed E-state index contributed by atoms with van der Waals surface area (Å²) in [5.74, 6) is -0.955. The van der Waals surface area contributed by atoms with Gasteiger partial charge in [0.2, 0.25) is 0 Å². The lowest BCUT2D eigenvalue weighted by atomic mass is 10.2. The van der Waals surface area contributed by atoms with Crippen LogP contribution in [0.25, 0.3) is 10.9 Å². The third-order valence-electron chi connectivity index (χ3n) is 2.30. The van der Waals surface area contributed by atoms with Gasteiger partial charge in [0.15, 0.2) is 0 Å². The normalized spacial score (nSPS) is 12.2. The Hall–Kier alpha value is -1.12. The van der Waals surface area contributed by atoms with E-state index in [0.717, 1.165) is 12.3 Å². The highest BCUT2D eigenvalue weighted by Crippen LogP contribution is 2.30. The van der Waals surface area contributed by atoms with E-state index in [-0.39, 0.29) is 6.61 Å². The quantitative estimate of drug-likeness (QED) is 0.524. The molecule has 1 aromatic heterocycles. The third-order valence-corrected chi connectivity index (χ3v) is 3.90. The highest BCUT2D eigenvalue weighted by Gasteiger charge is 2.11. The fraction of sp³-hybridized carbons (Fsp3) is 0.273. The number of H-pyrrole nitrogens is 1. The van der Waals surface area contributed by atoms with Crippen molar-refractivity contribution in [2.75, 3.05) is 18.6 Å². The Balaban J connectivity index is 2.10. The maximum atomic E-state index is 13.6. The molecule has 0 saturated carbocycles. The number of rotatable bonds is 5. The van der Waals surface area contributed by atoms with Gasteiger partial charge in [0, 0.05) is 28.3 Å². The Morgan fingerprint density at radius 1 is 1.37 bits per heavy atom. The van der Waals surface area contributed by atoms with Crippen LogP contribution < -0.4 is 0 Å². The van der Waals surface area contributed by atoms with Gasteiger partial charge < -0.3 is 4.98 Å². The first-order valence-corrected chi connectivity index (χ1v) is 8.10. The number of thioether (sulfide) groups is 1. The minimum absolute atomic E-state index is 0.00100. The standard InChI is InChI=1S/C11H11F2NO3S2/c1-19(15,16)17-2-3-18-10-6-14-9-5-7(12)4-8(13)11(9)10/h4-6,14H,2-3H2,1H3. The minimum atomic E-state index is -3.47. The zero-order chi connectivity index (χ0) is 14.0. The van der Waals surface area contributed by atoms with E-state index in [9.17, 15) is 17.2 Å². The van der Waals surface area contributed by atoms with Crippen LogP contribution in [-0.2, 0) is 14.3 Å². The van der Waals surface area contributed by atoms with Gasteiger partial charge in [-0.05, 0) is 6.07 Å². The molecule has 0 fully saturated rings. The van der Waals surface area contributed by atoms with Crippen molar-refractivity contribution < 1.29 is 21.4 Å². The van der Waals surface area contributed by atoms with Gasteiger partial charge in [-0.15, -0.1) is 11.8 Å². The van der Waals surface area contributed by atoms with Gasteiger partial charge in [-0.2, -0.15) is 8.42 Å². The molecule has 0 saturated heterocycles. The van der Waals surface area contributed by atoms with E-state index in [1.54, 1.807) is 6.20 Å². The summed E-state index contributed by atoms with van der Waals surface area (Å²) in [4.78, 5) is 3.35. The third kappa shape index (κ3) is 3.68. The Morgan fingerprint density at radius 2 is 2.11 bits per heavy atom. The molecule has 0 aliphatic rings. The van der Waals surface area contributed by atoms with Gasteiger partial charge in [-0.3, -0.25) is 4.18 Å². The molecule has 0 aliphatic heterocycles. The number of hydrogen-bond acceptors (Lipinski definition) is 4. The average molecular weight is 307 g/mol. The summed E-state index contributed by atoms with van der Waals surface area (Å²) in [6.07, 6.45) is 2.52. The first-order valence-electron chi connectivity index (χ1n) is 5.30. The van der Waals surface area contributed by atoms with Crippen molar-refractivity contribution in [1.82, 2.24) is 4.98 Å². The molecule has 1 aromatic carbocycles. The monoisotopic (exact) mass is 307 g/mol. The van der Waals surface area contributed by atoms with Crippen molar-refractivity contribution in [3.63, 3.8) is 0 Å². The van der Waals surface area contributed by atoms with E-state index >= 15 is 0 Å². The molecule has 4 nitrogen and oxygen atoms in total. The summed E-state index contributed by atoms with van der Waals surface area (Å²) < 4.78 is 52.7. The van der Waals surface area contributed by atoms with E-state index in [2.05, 4.69) is 9.17 Å². The highest BCUT2D eigenvalue weighted by molar-refractivity contribution is 7.99.